The van der Waals surface area contributed by atoms with Crippen LogP contribution in [-0.2, 0) is 16.6 Å². The van der Waals surface area contributed by atoms with Crippen molar-refractivity contribution < 1.29 is 13.2 Å². The van der Waals surface area contributed by atoms with Crippen molar-refractivity contribution in [2.24, 2.45) is 0 Å². The van der Waals surface area contributed by atoms with Gasteiger partial charge in [0, 0.05) is 6.54 Å². The standard InChI is InChI=1S/C15H20N6O3S2/c1-5-21-14(16-17-15(21)24-9(2)3)10(4)20-26(22,23)11-6-7-12-13(8-11)19-25-18-12/h6-10,20H,5H2,1-4H3/t10-/m1/s1. The van der Waals surface area contributed by atoms with Gasteiger partial charge in [-0.1, -0.05) is 5.10 Å². The summed E-state index contributed by atoms with van der Waals surface area (Å²) in [5.41, 5.74) is 1.22. The number of sulfonamides is 1. The van der Waals surface area contributed by atoms with E-state index in [9.17, 15) is 8.42 Å². The summed E-state index contributed by atoms with van der Waals surface area (Å²) in [5, 5.41) is 8.12. The topological polar surface area (TPSA) is 112 Å². The highest BCUT2D eigenvalue weighted by molar-refractivity contribution is 7.89. The highest BCUT2D eigenvalue weighted by Gasteiger charge is 2.24. The molecule has 3 aromatic rings. The fourth-order valence-corrected chi connectivity index (χ4v) is 4.24. The first-order valence-corrected chi connectivity index (χ1v) is 10.4. The molecule has 0 aliphatic carbocycles. The van der Waals surface area contributed by atoms with E-state index in [4.69, 9.17) is 4.74 Å². The second-order valence-corrected chi connectivity index (χ2v) is 8.25. The molecule has 0 saturated carbocycles. The van der Waals surface area contributed by atoms with Crippen molar-refractivity contribution in [1.82, 2.24) is 28.2 Å². The predicted octanol–water partition coefficient (Wildman–Crippen LogP) is 2.13. The molecule has 0 aliphatic rings. The number of nitrogens with zero attached hydrogens (tertiary/aromatic N) is 5. The second-order valence-electron chi connectivity index (χ2n) is 6.01. The summed E-state index contributed by atoms with van der Waals surface area (Å²) in [5.74, 6) is 0.489. The summed E-state index contributed by atoms with van der Waals surface area (Å²) < 4.78 is 43.6. The summed E-state index contributed by atoms with van der Waals surface area (Å²) in [7, 11) is -3.75. The molecule has 1 N–H and O–H groups in total. The quantitative estimate of drug-likeness (QED) is 0.651. The van der Waals surface area contributed by atoms with Crippen LogP contribution in [0.5, 0.6) is 6.01 Å². The van der Waals surface area contributed by atoms with Crippen molar-refractivity contribution in [3.8, 4) is 6.01 Å². The maximum absolute atomic E-state index is 12.7. The molecule has 0 fully saturated rings. The fourth-order valence-electron chi connectivity index (χ4n) is 2.50. The van der Waals surface area contributed by atoms with Crippen LogP contribution in [0.2, 0.25) is 0 Å². The van der Waals surface area contributed by atoms with Gasteiger partial charge in [-0.25, -0.2) is 13.1 Å². The van der Waals surface area contributed by atoms with Gasteiger partial charge < -0.3 is 4.74 Å². The Labute approximate surface area is 155 Å². The fraction of sp³-hybridized carbons (Fsp3) is 0.467. The zero-order valence-corrected chi connectivity index (χ0v) is 16.5. The van der Waals surface area contributed by atoms with Gasteiger partial charge in [0.1, 0.15) is 11.0 Å². The van der Waals surface area contributed by atoms with Crippen LogP contribution in [-0.4, -0.2) is 38.0 Å². The van der Waals surface area contributed by atoms with Crippen LogP contribution in [0, 0.1) is 0 Å². The lowest BCUT2D eigenvalue weighted by molar-refractivity contribution is 0.211. The molecule has 0 unspecified atom stereocenters. The van der Waals surface area contributed by atoms with Crippen molar-refractivity contribution in [3.05, 3.63) is 24.0 Å². The lowest BCUT2D eigenvalue weighted by atomic mass is 10.3. The average Bonchev–Trinajstić information content (AvgIpc) is 3.19. The van der Waals surface area contributed by atoms with E-state index < -0.39 is 16.1 Å². The third kappa shape index (κ3) is 3.69. The Balaban J connectivity index is 1.86. The molecule has 26 heavy (non-hydrogen) atoms. The van der Waals surface area contributed by atoms with Crippen molar-refractivity contribution in [2.75, 3.05) is 0 Å². The number of fused-ring (bicyclic) bond motifs is 1. The molecule has 11 heteroatoms. The molecule has 2 heterocycles. The van der Waals surface area contributed by atoms with Gasteiger partial charge in [-0.3, -0.25) is 4.57 Å². The highest BCUT2D eigenvalue weighted by Crippen LogP contribution is 2.22. The van der Waals surface area contributed by atoms with Gasteiger partial charge in [0.15, 0.2) is 5.82 Å². The number of ether oxygens (including phenoxy) is 1. The Morgan fingerprint density at radius 3 is 2.62 bits per heavy atom. The molecule has 0 spiro atoms. The molecule has 140 valence electrons. The Kier molecular flexibility index (Phi) is 5.21. The molecule has 3 rings (SSSR count). The molecule has 0 amide bonds. The van der Waals surface area contributed by atoms with E-state index in [0.717, 1.165) is 11.7 Å². The lowest BCUT2D eigenvalue weighted by Gasteiger charge is -2.16. The van der Waals surface area contributed by atoms with Gasteiger partial charge in [-0.2, -0.15) is 8.75 Å². The number of nitrogens with one attached hydrogen (secondary N) is 1. The van der Waals surface area contributed by atoms with Crippen molar-refractivity contribution in [2.45, 2.75) is 51.3 Å². The first-order chi connectivity index (χ1) is 12.3. The third-order valence-corrected chi connectivity index (χ3v) is 5.75. The van der Waals surface area contributed by atoms with Gasteiger partial charge in [0.05, 0.1) is 28.8 Å². The van der Waals surface area contributed by atoms with Crippen molar-refractivity contribution in [3.63, 3.8) is 0 Å². The molecule has 0 bridgehead atoms. The first kappa shape index (κ1) is 18.7. The smallest absolute Gasteiger partial charge is 0.317 e. The SMILES string of the molecule is CCn1c(OC(C)C)nnc1[C@@H](C)NS(=O)(=O)c1ccc2nsnc2c1. The van der Waals surface area contributed by atoms with E-state index >= 15 is 0 Å². The molecule has 9 nitrogen and oxygen atoms in total. The summed E-state index contributed by atoms with van der Waals surface area (Å²) in [4.78, 5) is 0.130. The molecule has 0 radical (unpaired) electrons. The van der Waals surface area contributed by atoms with E-state index in [0.29, 0.717) is 29.4 Å². The Hall–Kier alpha value is -2.11. The van der Waals surface area contributed by atoms with E-state index in [1.165, 1.54) is 12.1 Å². The molecule has 0 aliphatic heterocycles. The van der Waals surface area contributed by atoms with Crippen LogP contribution < -0.4 is 9.46 Å². The van der Waals surface area contributed by atoms with Crippen LogP contribution in [0.15, 0.2) is 23.1 Å². The summed E-state index contributed by atoms with van der Waals surface area (Å²) in [6.45, 7) is 7.99. The second kappa shape index (κ2) is 7.25. The summed E-state index contributed by atoms with van der Waals surface area (Å²) in [6, 6.07) is 4.45. The van der Waals surface area contributed by atoms with E-state index in [1.54, 1.807) is 17.6 Å². The molecule has 0 saturated heterocycles. The predicted molar refractivity (Wildman–Crippen MR) is 97.6 cm³/mol. The third-order valence-electron chi connectivity index (χ3n) is 3.66. The summed E-state index contributed by atoms with van der Waals surface area (Å²) >= 11 is 1.04. The van der Waals surface area contributed by atoms with Gasteiger partial charge >= 0.3 is 6.01 Å². The van der Waals surface area contributed by atoms with E-state index in [-0.39, 0.29) is 11.0 Å². The number of hydrogen-bond acceptors (Lipinski definition) is 8. The van der Waals surface area contributed by atoms with Crippen LogP contribution in [0.4, 0.5) is 0 Å². The highest BCUT2D eigenvalue weighted by atomic mass is 32.2. The lowest BCUT2D eigenvalue weighted by Crippen LogP contribution is -2.29. The Morgan fingerprint density at radius 1 is 1.19 bits per heavy atom. The normalized spacial score (nSPS) is 13.4. The minimum atomic E-state index is -3.75. The average molecular weight is 396 g/mol. The first-order valence-electron chi connectivity index (χ1n) is 8.16. The number of rotatable bonds is 7. The maximum atomic E-state index is 12.7. The van der Waals surface area contributed by atoms with Gasteiger partial charge in [-0.15, -0.1) is 5.10 Å². The summed E-state index contributed by atoms with van der Waals surface area (Å²) in [6.07, 6.45) is -0.0530. The minimum absolute atomic E-state index is 0.0530. The Morgan fingerprint density at radius 2 is 1.92 bits per heavy atom. The molecule has 2 aromatic heterocycles. The van der Waals surface area contributed by atoms with E-state index in [2.05, 4.69) is 23.7 Å². The molecule has 1 aromatic carbocycles. The number of aromatic nitrogens is 5. The minimum Gasteiger partial charge on any atom is -0.461 e. The van der Waals surface area contributed by atoms with Gasteiger partial charge in [-0.05, 0) is 45.9 Å². The molecule has 1 atom stereocenters. The Bertz CT molecular complexity index is 1010. The zero-order chi connectivity index (χ0) is 18.9. The number of hydrogen-bond donors (Lipinski definition) is 1. The monoisotopic (exact) mass is 396 g/mol. The van der Waals surface area contributed by atoms with Gasteiger partial charge in [0.25, 0.3) is 0 Å². The van der Waals surface area contributed by atoms with Gasteiger partial charge in [0.2, 0.25) is 10.0 Å². The largest absolute Gasteiger partial charge is 0.461 e. The zero-order valence-electron chi connectivity index (χ0n) is 14.9. The van der Waals surface area contributed by atoms with E-state index in [1.807, 2.05) is 20.8 Å². The molecular formula is C15H20N6O3S2. The van der Waals surface area contributed by atoms with Crippen LogP contribution in [0.3, 0.4) is 0 Å². The molecular weight excluding hydrogens is 376 g/mol. The van der Waals surface area contributed by atoms with Crippen molar-refractivity contribution >= 4 is 32.8 Å². The van der Waals surface area contributed by atoms with Crippen LogP contribution in [0.1, 0.15) is 39.6 Å². The van der Waals surface area contributed by atoms with Crippen LogP contribution >= 0.6 is 11.7 Å². The number of benzene rings is 1. The maximum Gasteiger partial charge on any atom is 0.317 e. The van der Waals surface area contributed by atoms with Crippen molar-refractivity contribution in [1.29, 1.82) is 0 Å². The van der Waals surface area contributed by atoms with Crippen LogP contribution in [0.25, 0.3) is 11.0 Å².